The Bertz CT molecular complexity index is 518. The van der Waals surface area contributed by atoms with E-state index in [1.807, 2.05) is 12.1 Å². The molecule has 0 bridgehead atoms. The fraction of sp³-hybridized carbons (Fsp3) is 0.588. The third kappa shape index (κ3) is 2.41. The number of nitrogens with two attached hydrogens (primary N) is 1. The SMILES string of the molecule is CC1(C(=O)NC2CCc3cc(N)ccc32)CCCCC1. The molecule has 1 amide bonds. The average Bonchev–Trinajstić information content (AvgIpc) is 2.82. The van der Waals surface area contributed by atoms with Gasteiger partial charge in [-0.2, -0.15) is 0 Å². The van der Waals surface area contributed by atoms with Crippen molar-refractivity contribution in [2.75, 3.05) is 5.73 Å². The lowest BCUT2D eigenvalue weighted by atomic mass is 9.75. The first-order valence-corrected chi connectivity index (χ1v) is 7.78. The maximum Gasteiger partial charge on any atom is 0.226 e. The zero-order valence-electron chi connectivity index (χ0n) is 12.2. The van der Waals surface area contributed by atoms with Gasteiger partial charge in [0.05, 0.1) is 6.04 Å². The standard InChI is InChI=1S/C17H24N2O/c1-17(9-3-2-4-10-17)16(20)19-15-8-5-12-11-13(18)6-7-14(12)15/h6-7,11,15H,2-5,8-10,18H2,1H3,(H,19,20). The van der Waals surface area contributed by atoms with Gasteiger partial charge in [0.25, 0.3) is 0 Å². The Balaban J connectivity index is 1.72. The summed E-state index contributed by atoms with van der Waals surface area (Å²) in [6.45, 7) is 2.13. The number of hydrogen-bond acceptors (Lipinski definition) is 2. The number of amides is 1. The number of nitrogens with one attached hydrogen (secondary N) is 1. The number of anilines is 1. The zero-order chi connectivity index (χ0) is 14.2. The van der Waals surface area contributed by atoms with Crippen LogP contribution < -0.4 is 11.1 Å². The molecule has 1 fully saturated rings. The number of carbonyl (C=O) groups is 1. The van der Waals surface area contributed by atoms with Crippen LogP contribution in [-0.2, 0) is 11.2 Å². The van der Waals surface area contributed by atoms with E-state index in [0.717, 1.165) is 31.4 Å². The van der Waals surface area contributed by atoms with Crippen molar-refractivity contribution in [1.29, 1.82) is 0 Å². The molecule has 0 aliphatic heterocycles. The highest BCUT2D eigenvalue weighted by atomic mass is 16.2. The summed E-state index contributed by atoms with van der Waals surface area (Å²) in [5.41, 5.74) is 9.04. The molecule has 108 valence electrons. The summed E-state index contributed by atoms with van der Waals surface area (Å²) in [4.78, 5) is 12.6. The van der Waals surface area contributed by atoms with Gasteiger partial charge >= 0.3 is 0 Å². The van der Waals surface area contributed by atoms with Gasteiger partial charge in [0.1, 0.15) is 0 Å². The van der Waals surface area contributed by atoms with E-state index in [0.29, 0.717) is 0 Å². The van der Waals surface area contributed by atoms with Crippen LogP contribution in [0.3, 0.4) is 0 Å². The Labute approximate surface area is 120 Å². The molecule has 0 radical (unpaired) electrons. The minimum atomic E-state index is -0.158. The van der Waals surface area contributed by atoms with Crippen LogP contribution in [0.15, 0.2) is 18.2 Å². The van der Waals surface area contributed by atoms with Gasteiger partial charge in [-0.05, 0) is 48.9 Å². The fourth-order valence-corrected chi connectivity index (χ4v) is 3.68. The van der Waals surface area contributed by atoms with Gasteiger partial charge in [-0.3, -0.25) is 4.79 Å². The minimum absolute atomic E-state index is 0.158. The van der Waals surface area contributed by atoms with Crippen LogP contribution in [0.2, 0.25) is 0 Å². The van der Waals surface area contributed by atoms with Crippen molar-refractivity contribution in [3.05, 3.63) is 29.3 Å². The molecule has 3 nitrogen and oxygen atoms in total. The minimum Gasteiger partial charge on any atom is -0.399 e. The summed E-state index contributed by atoms with van der Waals surface area (Å²) >= 11 is 0. The molecular formula is C17H24N2O. The number of aryl methyl sites for hydroxylation is 1. The van der Waals surface area contributed by atoms with Crippen LogP contribution in [0.5, 0.6) is 0 Å². The first kappa shape index (κ1) is 13.5. The smallest absolute Gasteiger partial charge is 0.226 e. The van der Waals surface area contributed by atoms with Crippen LogP contribution in [0.1, 0.15) is 62.6 Å². The highest BCUT2D eigenvalue weighted by Crippen LogP contribution is 2.38. The lowest BCUT2D eigenvalue weighted by Crippen LogP contribution is -2.41. The number of nitrogen functional groups attached to an aromatic ring is 1. The molecule has 20 heavy (non-hydrogen) atoms. The van der Waals surface area contributed by atoms with E-state index < -0.39 is 0 Å². The van der Waals surface area contributed by atoms with Crippen molar-refractivity contribution in [2.45, 2.75) is 57.9 Å². The van der Waals surface area contributed by atoms with Gasteiger partial charge in [0.15, 0.2) is 0 Å². The zero-order valence-corrected chi connectivity index (χ0v) is 12.2. The summed E-state index contributed by atoms with van der Waals surface area (Å²) in [6, 6.07) is 6.23. The van der Waals surface area contributed by atoms with Crippen molar-refractivity contribution < 1.29 is 4.79 Å². The van der Waals surface area contributed by atoms with Gasteiger partial charge < -0.3 is 11.1 Å². The third-order valence-electron chi connectivity index (χ3n) is 5.06. The van der Waals surface area contributed by atoms with Crippen molar-refractivity contribution >= 4 is 11.6 Å². The normalized spacial score (nSPS) is 24.1. The monoisotopic (exact) mass is 272 g/mol. The molecule has 3 heteroatoms. The average molecular weight is 272 g/mol. The molecule has 2 aliphatic rings. The van der Waals surface area contributed by atoms with E-state index in [4.69, 9.17) is 5.73 Å². The highest BCUT2D eigenvalue weighted by Gasteiger charge is 2.36. The first-order chi connectivity index (χ1) is 9.58. The second kappa shape index (κ2) is 5.12. The Hall–Kier alpha value is -1.51. The van der Waals surface area contributed by atoms with Gasteiger partial charge in [0, 0.05) is 11.1 Å². The molecule has 2 aliphatic carbocycles. The van der Waals surface area contributed by atoms with E-state index >= 15 is 0 Å². The molecular weight excluding hydrogens is 248 g/mol. The molecule has 1 aromatic carbocycles. The molecule has 3 N–H and O–H groups in total. The van der Waals surface area contributed by atoms with Gasteiger partial charge in [-0.25, -0.2) is 0 Å². The first-order valence-electron chi connectivity index (χ1n) is 7.78. The predicted molar refractivity (Wildman–Crippen MR) is 81.3 cm³/mol. The highest BCUT2D eigenvalue weighted by molar-refractivity contribution is 5.82. The second-order valence-corrected chi connectivity index (χ2v) is 6.64. The second-order valence-electron chi connectivity index (χ2n) is 6.64. The van der Waals surface area contributed by atoms with Gasteiger partial charge in [0.2, 0.25) is 5.91 Å². The van der Waals surface area contributed by atoms with E-state index in [9.17, 15) is 4.79 Å². The summed E-state index contributed by atoms with van der Waals surface area (Å²) in [5.74, 6) is 0.242. The molecule has 0 spiro atoms. The number of fused-ring (bicyclic) bond motifs is 1. The molecule has 0 heterocycles. The maximum atomic E-state index is 12.6. The fourth-order valence-electron chi connectivity index (χ4n) is 3.68. The van der Waals surface area contributed by atoms with E-state index in [-0.39, 0.29) is 17.4 Å². The molecule has 0 aromatic heterocycles. The third-order valence-corrected chi connectivity index (χ3v) is 5.06. The Morgan fingerprint density at radius 1 is 1.30 bits per heavy atom. The summed E-state index contributed by atoms with van der Waals surface area (Å²) in [5, 5.41) is 3.28. The summed E-state index contributed by atoms with van der Waals surface area (Å²) in [6.07, 6.45) is 7.71. The van der Waals surface area contributed by atoms with E-state index in [1.54, 1.807) is 0 Å². The Morgan fingerprint density at radius 2 is 2.05 bits per heavy atom. The van der Waals surface area contributed by atoms with Crippen molar-refractivity contribution in [3.63, 3.8) is 0 Å². The van der Waals surface area contributed by atoms with Crippen molar-refractivity contribution in [1.82, 2.24) is 5.32 Å². The van der Waals surface area contributed by atoms with Crippen LogP contribution in [0.4, 0.5) is 5.69 Å². The lowest BCUT2D eigenvalue weighted by molar-refractivity contribution is -0.132. The van der Waals surface area contributed by atoms with Crippen LogP contribution in [0.25, 0.3) is 0 Å². The lowest BCUT2D eigenvalue weighted by Gasteiger charge is -2.33. The molecule has 0 saturated heterocycles. The molecule has 1 saturated carbocycles. The topological polar surface area (TPSA) is 55.1 Å². The van der Waals surface area contributed by atoms with E-state index in [2.05, 4.69) is 18.3 Å². The molecule has 1 atom stereocenters. The number of carbonyl (C=O) groups excluding carboxylic acids is 1. The molecule has 1 unspecified atom stereocenters. The Morgan fingerprint density at radius 3 is 2.80 bits per heavy atom. The summed E-state index contributed by atoms with van der Waals surface area (Å²) in [7, 11) is 0. The number of benzene rings is 1. The van der Waals surface area contributed by atoms with Crippen molar-refractivity contribution in [3.8, 4) is 0 Å². The number of rotatable bonds is 2. The van der Waals surface area contributed by atoms with Gasteiger partial charge in [-0.1, -0.05) is 32.3 Å². The Kier molecular flexibility index (Phi) is 3.45. The van der Waals surface area contributed by atoms with Crippen molar-refractivity contribution in [2.24, 2.45) is 5.41 Å². The quantitative estimate of drug-likeness (QED) is 0.811. The van der Waals surface area contributed by atoms with Crippen LogP contribution >= 0.6 is 0 Å². The predicted octanol–water partition coefficient (Wildman–Crippen LogP) is 3.34. The van der Waals surface area contributed by atoms with E-state index in [1.165, 1.54) is 30.4 Å². The van der Waals surface area contributed by atoms with Crippen LogP contribution in [-0.4, -0.2) is 5.91 Å². The maximum absolute atomic E-state index is 12.6. The molecule has 3 rings (SSSR count). The molecule has 1 aromatic rings. The van der Waals surface area contributed by atoms with Gasteiger partial charge in [-0.15, -0.1) is 0 Å². The summed E-state index contributed by atoms with van der Waals surface area (Å²) < 4.78 is 0. The van der Waals surface area contributed by atoms with Crippen LogP contribution in [0, 0.1) is 5.41 Å². The number of hydrogen-bond donors (Lipinski definition) is 2. The largest absolute Gasteiger partial charge is 0.399 e.